The first-order valence-corrected chi connectivity index (χ1v) is 9.71. The molecule has 27 heavy (non-hydrogen) atoms. The van der Waals surface area contributed by atoms with Crippen LogP contribution < -0.4 is 0 Å². The average molecular weight is 403 g/mol. The topological polar surface area (TPSA) is 45.5 Å². The molecule has 4 nitrogen and oxygen atoms in total. The summed E-state index contributed by atoms with van der Waals surface area (Å²) in [5.41, 5.74) is 0.938. The van der Waals surface area contributed by atoms with Crippen molar-refractivity contribution in [3.8, 4) is 0 Å². The van der Waals surface area contributed by atoms with Gasteiger partial charge in [0.05, 0.1) is 5.60 Å². The third-order valence-corrected chi connectivity index (χ3v) is 5.85. The number of hydrogen-bond donors (Lipinski definition) is 1. The van der Waals surface area contributed by atoms with E-state index in [0.717, 1.165) is 16.5 Å². The Bertz CT molecular complexity index is 974. The summed E-state index contributed by atoms with van der Waals surface area (Å²) in [6.45, 7) is 1.34. The van der Waals surface area contributed by atoms with Crippen LogP contribution in [0, 0.1) is 0 Å². The van der Waals surface area contributed by atoms with Crippen molar-refractivity contribution in [3.63, 3.8) is 0 Å². The molecule has 3 aromatic rings. The smallest absolute Gasteiger partial charge is 0.242 e. The number of aromatic nitrogens is 1. The van der Waals surface area contributed by atoms with E-state index in [4.69, 9.17) is 23.2 Å². The second-order valence-electron chi connectivity index (χ2n) is 7.07. The van der Waals surface area contributed by atoms with Gasteiger partial charge in [-0.3, -0.25) is 4.79 Å². The second kappa shape index (κ2) is 7.19. The Morgan fingerprint density at radius 2 is 1.67 bits per heavy atom. The minimum absolute atomic E-state index is 0.0561. The third kappa shape index (κ3) is 3.70. The van der Waals surface area contributed by atoms with Gasteiger partial charge in [-0.25, -0.2) is 0 Å². The minimum atomic E-state index is -0.904. The van der Waals surface area contributed by atoms with Crippen LogP contribution in [-0.2, 0) is 16.9 Å². The van der Waals surface area contributed by atoms with Gasteiger partial charge < -0.3 is 14.6 Å². The SMILES string of the molecule is O=C(Cn1ccc2cc(Cl)ccc21)N1CCC(O)(c2ccc(Cl)cc2)CC1. The molecule has 140 valence electrons. The van der Waals surface area contributed by atoms with Crippen LogP contribution in [0.3, 0.4) is 0 Å². The maximum absolute atomic E-state index is 12.7. The van der Waals surface area contributed by atoms with Gasteiger partial charge in [0.15, 0.2) is 0 Å². The van der Waals surface area contributed by atoms with Gasteiger partial charge in [0.1, 0.15) is 6.54 Å². The van der Waals surface area contributed by atoms with Gasteiger partial charge in [-0.05, 0) is 54.8 Å². The highest BCUT2D eigenvalue weighted by atomic mass is 35.5. The first-order chi connectivity index (χ1) is 12.9. The molecular weight excluding hydrogens is 383 g/mol. The lowest BCUT2D eigenvalue weighted by atomic mass is 9.84. The van der Waals surface area contributed by atoms with Gasteiger partial charge in [0, 0.05) is 40.2 Å². The van der Waals surface area contributed by atoms with E-state index in [-0.39, 0.29) is 12.5 Å². The van der Waals surface area contributed by atoms with Crippen LogP contribution in [0.5, 0.6) is 0 Å². The number of aliphatic hydroxyl groups is 1. The number of likely N-dealkylation sites (tertiary alicyclic amines) is 1. The Morgan fingerprint density at radius 3 is 2.37 bits per heavy atom. The molecular formula is C21H20Cl2N2O2. The van der Waals surface area contributed by atoms with Crippen LogP contribution in [0.2, 0.25) is 10.0 Å². The molecule has 1 aliphatic rings. The zero-order valence-corrected chi connectivity index (χ0v) is 16.2. The molecule has 1 aliphatic heterocycles. The summed E-state index contributed by atoms with van der Waals surface area (Å²) < 4.78 is 1.94. The van der Waals surface area contributed by atoms with E-state index in [1.807, 2.05) is 52.1 Å². The van der Waals surface area contributed by atoms with Gasteiger partial charge in [-0.2, -0.15) is 0 Å². The summed E-state index contributed by atoms with van der Waals surface area (Å²) in [6, 6.07) is 14.9. The van der Waals surface area contributed by atoms with Crippen molar-refractivity contribution >= 4 is 40.0 Å². The highest BCUT2D eigenvalue weighted by molar-refractivity contribution is 6.31. The van der Waals surface area contributed by atoms with E-state index in [0.29, 0.717) is 36.0 Å². The number of carbonyl (C=O) groups excluding carboxylic acids is 1. The molecule has 1 fully saturated rings. The second-order valence-corrected chi connectivity index (χ2v) is 7.94. The number of carbonyl (C=O) groups is 1. The Kier molecular flexibility index (Phi) is 4.89. The van der Waals surface area contributed by atoms with Gasteiger partial charge in [-0.15, -0.1) is 0 Å². The quantitative estimate of drug-likeness (QED) is 0.702. The van der Waals surface area contributed by atoms with Gasteiger partial charge in [0.2, 0.25) is 5.91 Å². The molecule has 2 heterocycles. The number of benzene rings is 2. The number of rotatable bonds is 3. The number of nitrogens with zero attached hydrogens (tertiary/aromatic N) is 2. The molecule has 1 N–H and O–H groups in total. The minimum Gasteiger partial charge on any atom is -0.385 e. The standard InChI is InChI=1S/C21H20Cl2N2O2/c22-17-3-1-16(2-4-17)21(27)8-11-24(12-9-21)20(26)14-25-10-7-15-13-18(23)5-6-19(15)25/h1-7,10,13,27H,8-9,11-12,14H2. The maximum Gasteiger partial charge on any atom is 0.242 e. The molecule has 4 rings (SSSR count). The van der Waals surface area contributed by atoms with Crippen molar-refractivity contribution in [1.29, 1.82) is 0 Å². The molecule has 1 saturated heterocycles. The monoisotopic (exact) mass is 402 g/mol. The molecule has 0 atom stereocenters. The lowest BCUT2D eigenvalue weighted by Crippen LogP contribution is -2.46. The van der Waals surface area contributed by atoms with Crippen LogP contribution in [0.15, 0.2) is 54.7 Å². The van der Waals surface area contributed by atoms with E-state index in [9.17, 15) is 9.90 Å². The summed E-state index contributed by atoms with van der Waals surface area (Å²) in [5.74, 6) is 0.0561. The van der Waals surface area contributed by atoms with Crippen molar-refractivity contribution in [1.82, 2.24) is 9.47 Å². The first-order valence-electron chi connectivity index (χ1n) is 8.95. The van der Waals surface area contributed by atoms with E-state index in [1.54, 1.807) is 12.1 Å². The largest absolute Gasteiger partial charge is 0.385 e. The lowest BCUT2D eigenvalue weighted by molar-refractivity contribution is -0.136. The maximum atomic E-state index is 12.7. The van der Waals surface area contributed by atoms with Crippen molar-refractivity contribution in [2.45, 2.75) is 25.0 Å². The predicted molar refractivity (Wildman–Crippen MR) is 108 cm³/mol. The fourth-order valence-electron chi connectivity index (χ4n) is 3.73. The molecule has 1 aromatic heterocycles. The molecule has 1 amide bonds. The summed E-state index contributed by atoms with van der Waals surface area (Å²) in [4.78, 5) is 14.6. The molecule has 0 unspecified atom stereocenters. The number of amides is 1. The molecule has 0 bridgehead atoms. The van der Waals surface area contributed by atoms with E-state index < -0.39 is 5.60 Å². The lowest BCUT2D eigenvalue weighted by Gasteiger charge is -2.38. The van der Waals surface area contributed by atoms with Gasteiger partial charge in [-0.1, -0.05) is 35.3 Å². The molecule has 2 aromatic carbocycles. The summed E-state index contributed by atoms with van der Waals surface area (Å²) in [5, 5.41) is 13.3. The fraction of sp³-hybridized carbons (Fsp3) is 0.286. The van der Waals surface area contributed by atoms with Crippen LogP contribution in [0.25, 0.3) is 10.9 Å². The molecule has 0 spiro atoms. The molecule has 0 aliphatic carbocycles. The summed E-state index contributed by atoms with van der Waals surface area (Å²) in [6.07, 6.45) is 2.94. The van der Waals surface area contributed by atoms with Crippen molar-refractivity contribution in [2.24, 2.45) is 0 Å². The summed E-state index contributed by atoms with van der Waals surface area (Å²) in [7, 11) is 0. The zero-order valence-electron chi connectivity index (χ0n) is 14.7. The molecule has 6 heteroatoms. The van der Waals surface area contributed by atoms with E-state index in [1.165, 1.54) is 0 Å². The molecule has 0 radical (unpaired) electrons. The first kappa shape index (κ1) is 18.4. The van der Waals surface area contributed by atoms with Crippen molar-refractivity contribution in [3.05, 3.63) is 70.3 Å². The average Bonchev–Trinajstić information content (AvgIpc) is 3.04. The Labute approximate surface area is 167 Å². The van der Waals surface area contributed by atoms with Crippen LogP contribution in [-0.4, -0.2) is 33.6 Å². The van der Waals surface area contributed by atoms with Crippen LogP contribution in [0.4, 0.5) is 0 Å². The normalized spacial score (nSPS) is 16.6. The van der Waals surface area contributed by atoms with Crippen LogP contribution >= 0.6 is 23.2 Å². The number of hydrogen-bond acceptors (Lipinski definition) is 2. The van der Waals surface area contributed by atoms with E-state index in [2.05, 4.69) is 0 Å². The Balaban J connectivity index is 1.43. The highest BCUT2D eigenvalue weighted by Gasteiger charge is 2.35. The Hall–Kier alpha value is -2.01. The third-order valence-electron chi connectivity index (χ3n) is 5.36. The van der Waals surface area contributed by atoms with Gasteiger partial charge >= 0.3 is 0 Å². The van der Waals surface area contributed by atoms with Crippen molar-refractivity contribution in [2.75, 3.05) is 13.1 Å². The van der Waals surface area contributed by atoms with Crippen molar-refractivity contribution < 1.29 is 9.90 Å². The predicted octanol–water partition coefficient (Wildman–Crippen LogP) is 4.46. The number of fused-ring (bicyclic) bond motifs is 1. The molecule has 0 saturated carbocycles. The van der Waals surface area contributed by atoms with E-state index >= 15 is 0 Å². The van der Waals surface area contributed by atoms with Crippen LogP contribution in [0.1, 0.15) is 18.4 Å². The number of halogens is 2. The highest BCUT2D eigenvalue weighted by Crippen LogP contribution is 2.33. The Morgan fingerprint density at radius 1 is 1.00 bits per heavy atom. The van der Waals surface area contributed by atoms with Gasteiger partial charge in [0.25, 0.3) is 0 Å². The fourth-order valence-corrected chi connectivity index (χ4v) is 4.04. The summed E-state index contributed by atoms with van der Waals surface area (Å²) >= 11 is 12.0. The zero-order chi connectivity index (χ0) is 19.0. The number of piperidine rings is 1.